The lowest BCUT2D eigenvalue weighted by Gasteiger charge is -2.27. The molecule has 0 aliphatic rings. The summed E-state index contributed by atoms with van der Waals surface area (Å²) in [7, 11) is 0. The summed E-state index contributed by atoms with van der Waals surface area (Å²) in [4.78, 5) is 0. The normalized spacial score (nSPS) is 14.2. The van der Waals surface area contributed by atoms with Crippen LogP contribution in [0.3, 0.4) is 0 Å². The van der Waals surface area contributed by atoms with Crippen LogP contribution in [0.25, 0.3) is 11.1 Å². The summed E-state index contributed by atoms with van der Waals surface area (Å²) in [5.74, 6) is 0.876. The van der Waals surface area contributed by atoms with Crippen molar-refractivity contribution in [1.82, 2.24) is 0 Å². The standard InChI is InChI=1S/C26H31NO2/c1-20(28)26(2,27)18-16-21-10-14-25(15-11-21)29-19-17-22-8-12-24(13-9-22)23-6-4-3-5-7-23/h3-15,20,28H,16-19,27H2,1-2H3/t20-,26-/m1/s1. The maximum atomic E-state index is 9.72. The summed E-state index contributed by atoms with van der Waals surface area (Å²) < 4.78 is 5.90. The zero-order valence-corrected chi connectivity index (χ0v) is 17.3. The fourth-order valence-electron chi connectivity index (χ4n) is 3.16. The first-order valence-electron chi connectivity index (χ1n) is 10.3. The van der Waals surface area contributed by atoms with Crippen LogP contribution < -0.4 is 10.5 Å². The lowest BCUT2D eigenvalue weighted by atomic mass is 9.90. The molecule has 29 heavy (non-hydrogen) atoms. The van der Waals surface area contributed by atoms with E-state index in [9.17, 15) is 5.11 Å². The lowest BCUT2D eigenvalue weighted by molar-refractivity contribution is 0.106. The number of aryl methyl sites for hydroxylation is 1. The van der Waals surface area contributed by atoms with Crippen molar-refractivity contribution in [3.63, 3.8) is 0 Å². The summed E-state index contributed by atoms with van der Waals surface area (Å²) in [6, 6.07) is 27.2. The molecule has 0 unspecified atom stereocenters. The SMILES string of the molecule is C[C@@H](O)[C@](C)(N)CCc1ccc(OCCc2ccc(-c3ccccc3)cc2)cc1. The van der Waals surface area contributed by atoms with Gasteiger partial charge in [-0.1, -0.05) is 66.7 Å². The van der Waals surface area contributed by atoms with Crippen LogP contribution in [0.5, 0.6) is 5.75 Å². The average Bonchev–Trinajstić information content (AvgIpc) is 2.74. The van der Waals surface area contributed by atoms with E-state index in [1.165, 1.54) is 22.3 Å². The lowest BCUT2D eigenvalue weighted by Crippen LogP contribution is -2.46. The molecule has 0 spiro atoms. The van der Waals surface area contributed by atoms with Gasteiger partial charge in [-0.05, 0) is 61.1 Å². The third-order valence-electron chi connectivity index (χ3n) is 5.55. The van der Waals surface area contributed by atoms with Crippen LogP contribution in [0.1, 0.15) is 31.4 Å². The Morgan fingerprint density at radius 2 is 1.38 bits per heavy atom. The summed E-state index contributed by atoms with van der Waals surface area (Å²) >= 11 is 0. The largest absolute Gasteiger partial charge is 0.493 e. The number of nitrogens with two attached hydrogens (primary N) is 1. The molecule has 0 heterocycles. The van der Waals surface area contributed by atoms with Crippen molar-refractivity contribution >= 4 is 0 Å². The number of rotatable bonds is 9. The summed E-state index contributed by atoms with van der Waals surface area (Å²) in [5.41, 5.74) is 10.5. The molecule has 0 bridgehead atoms. The second-order valence-corrected chi connectivity index (χ2v) is 7.99. The van der Waals surface area contributed by atoms with E-state index < -0.39 is 11.6 Å². The van der Waals surface area contributed by atoms with Gasteiger partial charge in [0, 0.05) is 12.0 Å². The van der Waals surface area contributed by atoms with Gasteiger partial charge in [-0.15, -0.1) is 0 Å². The molecule has 3 rings (SSSR count). The van der Waals surface area contributed by atoms with Gasteiger partial charge in [0.25, 0.3) is 0 Å². The smallest absolute Gasteiger partial charge is 0.119 e. The highest BCUT2D eigenvalue weighted by Crippen LogP contribution is 2.20. The zero-order chi connectivity index (χ0) is 20.7. The number of aliphatic hydroxyl groups excluding tert-OH is 1. The van der Waals surface area contributed by atoms with Crippen LogP contribution in [-0.4, -0.2) is 23.4 Å². The Bertz CT molecular complexity index is 869. The Balaban J connectivity index is 1.46. The van der Waals surface area contributed by atoms with E-state index in [1.54, 1.807) is 6.92 Å². The van der Waals surface area contributed by atoms with Crippen molar-refractivity contribution in [3.8, 4) is 16.9 Å². The topological polar surface area (TPSA) is 55.5 Å². The molecule has 3 aromatic rings. The monoisotopic (exact) mass is 389 g/mol. The van der Waals surface area contributed by atoms with Gasteiger partial charge in [0.1, 0.15) is 5.75 Å². The van der Waals surface area contributed by atoms with Crippen LogP contribution in [0.2, 0.25) is 0 Å². The molecule has 0 amide bonds. The maximum absolute atomic E-state index is 9.72. The first kappa shape index (κ1) is 21.1. The first-order valence-corrected chi connectivity index (χ1v) is 10.3. The molecule has 0 aliphatic heterocycles. The Hall–Kier alpha value is -2.62. The highest BCUT2D eigenvalue weighted by atomic mass is 16.5. The minimum atomic E-state index is -0.564. The third kappa shape index (κ3) is 6.18. The molecule has 0 aliphatic carbocycles. The molecule has 3 aromatic carbocycles. The van der Waals surface area contributed by atoms with E-state index in [2.05, 4.69) is 60.7 Å². The Morgan fingerprint density at radius 3 is 2.00 bits per heavy atom. The van der Waals surface area contributed by atoms with Gasteiger partial charge in [0.2, 0.25) is 0 Å². The molecule has 3 nitrogen and oxygen atoms in total. The van der Waals surface area contributed by atoms with Crippen LogP contribution in [0.4, 0.5) is 0 Å². The molecule has 0 fully saturated rings. The van der Waals surface area contributed by atoms with Crippen LogP contribution >= 0.6 is 0 Å². The van der Waals surface area contributed by atoms with E-state index in [0.717, 1.165) is 25.0 Å². The van der Waals surface area contributed by atoms with Gasteiger partial charge < -0.3 is 15.6 Å². The molecule has 0 aromatic heterocycles. The number of hydrogen-bond acceptors (Lipinski definition) is 3. The first-order chi connectivity index (χ1) is 13.9. The Morgan fingerprint density at radius 1 is 0.828 bits per heavy atom. The molecule has 0 saturated heterocycles. The molecular weight excluding hydrogens is 358 g/mol. The molecule has 0 radical (unpaired) electrons. The second-order valence-electron chi connectivity index (χ2n) is 7.99. The van der Waals surface area contributed by atoms with E-state index >= 15 is 0 Å². The van der Waals surface area contributed by atoms with Gasteiger partial charge in [-0.2, -0.15) is 0 Å². The van der Waals surface area contributed by atoms with Gasteiger partial charge in [0.15, 0.2) is 0 Å². The maximum Gasteiger partial charge on any atom is 0.119 e. The highest BCUT2D eigenvalue weighted by Gasteiger charge is 2.24. The van der Waals surface area contributed by atoms with Crippen LogP contribution in [0.15, 0.2) is 78.9 Å². The number of benzene rings is 3. The molecule has 152 valence electrons. The van der Waals surface area contributed by atoms with E-state index in [0.29, 0.717) is 6.61 Å². The van der Waals surface area contributed by atoms with Crippen molar-refractivity contribution in [2.45, 2.75) is 44.8 Å². The molecule has 3 N–H and O–H groups in total. The minimum Gasteiger partial charge on any atom is -0.493 e. The molecule has 3 heteroatoms. The van der Waals surface area contributed by atoms with Gasteiger partial charge in [0.05, 0.1) is 12.7 Å². The average molecular weight is 390 g/mol. The van der Waals surface area contributed by atoms with Gasteiger partial charge in [-0.3, -0.25) is 0 Å². The van der Waals surface area contributed by atoms with Crippen molar-refractivity contribution in [3.05, 3.63) is 90.0 Å². The minimum absolute atomic E-state index is 0.521. The molecule has 2 atom stereocenters. The van der Waals surface area contributed by atoms with Gasteiger partial charge in [-0.25, -0.2) is 0 Å². The fourth-order valence-corrected chi connectivity index (χ4v) is 3.16. The van der Waals surface area contributed by atoms with E-state index in [4.69, 9.17) is 10.5 Å². The second kappa shape index (κ2) is 9.73. The predicted octanol–water partition coefficient (Wildman–Crippen LogP) is 5.01. The fraction of sp³-hybridized carbons (Fsp3) is 0.308. The van der Waals surface area contributed by atoms with Crippen LogP contribution in [-0.2, 0) is 12.8 Å². The van der Waals surface area contributed by atoms with Crippen molar-refractivity contribution in [1.29, 1.82) is 0 Å². The Kier molecular flexibility index (Phi) is 7.08. The van der Waals surface area contributed by atoms with E-state index in [1.807, 2.05) is 25.1 Å². The highest BCUT2D eigenvalue weighted by molar-refractivity contribution is 5.63. The molecule has 0 saturated carbocycles. The zero-order valence-electron chi connectivity index (χ0n) is 17.3. The summed E-state index contributed by atoms with van der Waals surface area (Å²) in [5, 5.41) is 9.72. The Labute approximate surface area is 174 Å². The summed E-state index contributed by atoms with van der Waals surface area (Å²) in [6.07, 6.45) is 1.93. The summed E-state index contributed by atoms with van der Waals surface area (Å²) in [6.45, 7) is 4.28. The van der Waals surface area contributed by atoms with Crippen LogP contribution in [0, 0.1) is 0 Å². The van der Waals surface area contributed by atoms with E-state index in [-0.39, 0.29) is 0 Å². The predicted molar refractivity (Wildman–Crippen MR) is 120 cm³/mol. The van der Waals surface area contributed by atoms with Crippen molar-refractivity contribution in [2.24, 2.45) is 5.73 Å². The van der Waals surface area contributed by atoms with Crippen molar-refractivity contribution < 1.29 is 9.84 Å². The van der Waals surface area contributed by atoms with Gasteiger partial charge >= 0.3 is 0 Å². The third-order valence-corrected chi connectivity index (χ3v) is 5.55. The number of hydrogen-bond donors (Lipinski definition) is 2. The molecular formula is C26H31NO2. The quantitative estimate of drug-likeness (QED) is 0.541. The number of aliphatic hydroxyl groups is 1. The van der Waals surface area contributed by atoms with Crippen molar-refractivity contribution in [2.75, 3.05) is 6.61 Å². The number of ether oxygens (including phenoxy) is 1.